The molecule has 150 valence electrons. The van der Waals surface area contributed by atoms with Crippen molar-refractivity contribution >= 4 is 51.0 Å². The zero-order valence-electron chi connectivity index (χ0n) is 15.2. The zero-order valence-corrected chi connectivity index (χ0v) is 17.6. The predicted octanol–water partition coefficient (Wildman–Crippen LogP) is 3.31. The summed E-state index contributed by atoms with van der Waals surface area (Å²) in [7, 11) is -3.78. The highest BCUT2D eigenvalue weighted by atomic mass is 35.5. The van der Waals surface area contributed by atoms with Crippen molar-refractivity contribution < 1.29 is 17.9 Å². The maximum absolute atomic E-state index is 12.2. The lowest BCUT2D eigenvalue weighted by Gasteiger charge is -2.22. The summed E-state index contributed by atoms with van der Waals surface area (Å²) in [5.74, 6) is 0.0922. The third-order valence-electron chi connectivity index (χ3n) is 3.46. The summed E-state index contributed by atoms with van der Waals surface area (Å²) < 4.78 is 30.4. The molecular weight excluding hydrogens is 425 g/mol. The van der Waals surface area contributed by atoms with Crippen LogP contribution in [0.4, 0.5) is 5.69 Å². The maximum Gasteiger partial charge on any atom is 0.260 e. The molecule has 7 nitrogen and oxygen atoms in total. The summed E-state index contributed by atoms with van der Waals surface area (Å²) in [6.45, 7) is 1.96. The molecule has 28 heavy (non-hydrogen) atoms. The highest BCUT2D eigenvalue weighted by Gasteiger charge is 2.23. The number of amides is 1. The van der Waals surface area contributed by atoms with Gasteiger partial charge in [-0.1, -0.05) is 23.2 Å². The lowest BCUT2D eigenvalue weighted by molar-refractivity contribution is -0.119. The Bertz CT molecular complexity index is 963. The summed E-state index contributed by atoms with van der Waals surface area (Å²) in [6, 6.07) is 11.5. The molecule has 0 aromatic heterocycles. The van der Waals surface area contributed by atoms with Gasteiger partial charge in [-0.2, -0.15) is 5.10 Å². The molecule has 0 fully saturated rings. The van der Waals surface area contributed by atoms with Gasteiger partial charge in [0.2, 0.25) is 10.0 Å². The minimum absolute atomic E-state index is 0.113. The molecule has 0 aliphatic rings. The predicted molar refractivity (Wildman–Crippen MR) is 112 cm³/mol. The Hall–Kier alpha value is -2.29. The minimum Gasteiger partial charge on any atom is -0.494 e. The Balaban J connectivity index is 2.07. The average molecular weight is 444 g/mol. The van der Waals surface area contributed by atoms with Crippen LogP contribution in [0.1, 0.15) is 12.5 Å². The van der Waals surface area contributed by atoms with Gasteiger partial charge in [-0.05, 0) is 55.0 Å². The Morgan fingerprint density at radius 2 is 1.89 bits per heavy atom. The molecule has 0 atom stereocenters. The quantitative estimate of drug-likeness (QED) is 0.500. The normalized spacial score (nSPS) is 11.4. The number of halogens is 2. The van der Waals surface area contributed by atoms with Crippen LogP contribution in [-0.4, -0.2) is 39.9 Å². The van der Waals surface area contributed by atoms with Crippen molar-refractivity contribution in [3.8, 4) is 5.75 Å². The van der Waals surface area contributed by atoms with E-state index in [-0.39, 0.29) is 10.7 Å². The number of nitrogens with zero attached hydrogens (tertiary/aromatic N) is 2. The summed E-state index contributed by atoms with van der Waals surface area (Å²) in [5.41, 5.74) is 3.15. The number of hydrogen-bond donors (Lipinski definition) is 1. The number of ether oxygens (including phenoxy) is 1. The molecule has 2 rings (SSSR count). The molecule has 1 amide bonds. The molecule has 0 aliphatic carbocycles. The molecule has 0 bridgehead atoms. The lowest BCUT2D eigenvalue weighted by atomic mass is 10.2. The summed E-state index contributed by atoms with van der Waals surface area (Å²) >= 11 is 12.0. The molecule has 0 saturated carbocycles. The third-order valence-corrected chi connectivity index (χ3v) is 5.14. The number of nitrogens with one attached hydrogen (secondary N) is 1. The SMILES string of the molecule is CCOc1ccc(/C=N\NC(=O)CN(c2cc(Cl)ccc2Cl)S(C)(=O)=O)cc1. The molecule has 0 spiro atoms. The fourth-order valence-electron chi connectivity index (χ4n) is 2.22. The monoisotopic (exact) mass is 443 g/mol. The van der Waals surface area contributed by atoms with Crippen molar-refractivity contribution in [3.63, 3.8) is 0 Å². The second-order valence-corrected chi connectivity index (χ2v) is 8.41. The lowest BCUT2D eigenvalue weighted by Crippen LogP contribution is -2.39. The largest absolute Gasteiger partial charge is 0.494 e. The van der Waals surface area contributed by atoms with E-state index in [9.17, 15) is 13.2 Å². The van der Waals surface area contributed by atoms with Crippen molar-refractivity contribution in [1.82, 2.24) is 5.43 Å². The van der Waals surface area contributed by atoms with Crippen LogP contribution in [-0.2, 0) is 14.8 Å². The Morgan fingerprint density at radius 3 is 2.50 bits per heavy atom. The summed E-state index contributed by atoms with van der Waals surface area (Å²) in [6.07, 6.45) is 2.41. The van der Waals surface area contributed by atoms with Gasteiger partial charge in [0.25, 0.3) is 5.91 Å². The first kappa shape index (κ1) is 22.0. The number of hydrazone groups is 1. The van der Waals surface area contributed by atoms with Crippen molar-refractivity contribution in [2.75, 3.05) is 23.7 Å². The Morgan fingerprint density at radius 1 is 1.21 bits per heavy atom. The van der Waals surface area contributed by atoms with E-state index in [4.69, 9.17) is 27.9 Å². The molecule has 0 radical (unpaired) electrons. The first-order valence-electron chi connectivity index (χ1n) is 8.18. The van der Waals surface area contributed by atoms with Gasteiger partial charge >= 0.3 is 0 Å². The van der Waals surface area contributed by atoms with Gasteiger partial charge in [-0.25, -0.2) is 13.8 Å². The number of benzene rings is 2. The van der Waals surface area contributed by atoms with E-state index in [0.717, 1.165) is 21.9 Å². The van der Waals surface area contributed by atoms with Gasteiger partial charge in [-0.15, -0.1) is 0 Å². The molecule has 0 unspecified atom stereocenters. The molecule has 0 aliphatic heterocycles. The zero-order chi connectivity index (χ0) is 20.7. The first-order valence-corrected chi connectivity index (χ1v) is 10.8. The van der Waals surface area contributed by atoms with Crippen molar-refractivity contribution in [2.45, 2.75) is 6.92 Å². The van der Waals surface area contributed by atoms with Crippen molar-refractivity contribution in [2.24, 2.45) is 5.10 Å². The van der Waals surface area contributed by atoms with Gasteiger partial charge in [0.05, 0.1) is 29.8 Å². The molecule has 0 heterocycles. The second-order valence-electron chi connectivity index (χ2n) is 5.66. The van der Waals surface area contributed by atoms with E-state index in [2.05, 4.69) is 10.5 Å². The number of anilines is 1. The van der Waals surface area contributed by atoms with Crippen LogP contribution in [0.3, 0.4) is 0 Å². The smallest absolute Gasteiger partial charge is 0.260 e. The standard InChI is InChI=1S/C18H19Cl2N3O4S/c1-3-27-15-7-4-13(5-8-15)11-21-22-18(24)12-23(28(2,25)26)17-10-14(19)6-9-16(17)20/h4-11H,3,12H2,1-2H3,(H,22,24)/b21-11-. The molecule has 2 aromatic rings. The van der Waals surface area contributed by atoms with Gasteiger partial charge in [0, 0.05) is 5.02 Å². The van der Waals surface area contributed by atoms with E-state index < -0.39 is 22.5 Å². The van der Waals surface area contributed by atoms with E-state index in [1.807, 2.05) is 6.92 Å². The van der Waals surface area contributed by atoms with Crippen LogP contribution in [0.2, 0.25) is 10.0 Å². The maximum atomic E-state index is 12.2. The fourth-order valence-corrected chi connectivity index (χ4v) is 3.52. The summed E-state index contributed by atoms with van der Waals surface area (Å²) in [5, 5.41) is 4.29. The van der Waals surface area contributed by atoms with Crippen LogP contribution in [0.15, 0.2) is 47.6 Å². The molecule has 1 N–H and O–H groups in total. The first-order chi connectivity index (χ1) is 13.2. The van der Waals surface area contributed by atoms with Crippen LogP contribution < -0.4 is 14.5 Å². The number of hydrogen-bond acceptors (Lipinski definition) is 5. The van der Waals surface area contributed by atoms with Crippen LogP contribution in [0.5, 0.6) is 5.75 Å². The van der Waals surface area contributed by atoms with E-state index >= 15 is 0 Å². The van der Waals surface area contributed by atoms with Gasteiger partial charge < -0.3 is 4.74 Å². The molecule has 0 saturated heterocycles. The number of sulfonamides is 1. The van der Waals surface area contributed by atoms with Gasteiger partial charge in [-0.3, -0.25) is 9.10 Å². The third kappa shape index (κ3) is 6.40. The highest BCUT2D eigenvalue weighted by molar-refractivity contribution is 7.92. The van der Waals surface area contributed by atoms with Crippen LogP contribution in [0, 0.1) is 0 Å². The van der Waals surface area contributed by atoms with E-state index in [1.54, 1.807) is 24.3 Å². The minimum atomic E-state index is -3.78. The topological polar surface area (TPSA) is 88.1 Å². The fraction of sp³-hybridized carbons (Fsp3) is 0.222. The molecular formula is C18H19Cl2N3O4S. The Kier molecular flexibility index (Phi) is 7.68. The van der Waals surface area contributed by atoms with Crippen LogP contribution >= 0.6 is 23.2 Å². The Labute approximate surface area is 173 Å². The van der Waals surface area contributed by atoms with Crippen molar-refractivity contribution in [3.05, 3.63) is 58.1 Å². The number of rotatable bonds is 8. The van der Waals surface area contributed by atoms with E-state index in [0.29, 0.717) is 11.6 Å². The van der Waals surface area contributed by atoms with Gasteiger partial charge in [0.1, 0.15) is 12.3 Å². The highest BCUT2D eigenvalue weighted by Crippen LogP contribution is 2.30. The molecule has 2 aromatic carbocycles. The van der Waals surface area contributed by atoms with Crippen LogP contribution in [0.25, 0.3) is 0 Å². The summed E-state index contributed by atoms with van der Waals surface area (Å²) in [4.78, 5) is 12.2. The average Bonchev–Trinajstić information content (AvgIpc) is 2.63. The van der Waals surface area contributed by atoms with E-state index in [1.165, 1.54) is 24.4 Å². The van der Waals surface area contributed by atoms with Gasteiger partial charge in [0.15, 0.2) is 0 Å². The number of carbonyl (C=O) groups excluding carboxylic acids is 1. The number of carbonyl (C=O) groups is 1. The van der Waals surface area contributed by atoms with Crippen molar-refractivity contribution in [1.29, 1.82) is 0 Å². The molecule has 10 heteroatoms. The second kappa shape index (κ2) is 9.77.